The van der Waals surface area contributed by atoms with Crippen LogP contribution in [0.15, 0.2) is 18.2 Å². The molecule has 23 heavy (non-hydrogen) atoms. The van der Waals surface area contributed by atoms with Gasteiger partial charge in [0, 0.05) is 23.7 Å². The van der Waals surface area contributed by atoms with Gasteiger partial charge >= 0.3 is 5.97 Å². The number of carboxylic acid groups (broad SMARTS) is 1. The molecule has 1 aliphatic heterocycles. The highest BCUT2D eigenvalue weighted by Gasteiger charge is 2.31. The van der Waals surface area contributed by atoms with Crippen LogP contribution < -0.4 is 10.6 Å². The molecule has 0 spiro atoms. The molecule has 1 aromatic rings. The quantitative estimate of drug-likeness (QED) is 0.798. The van der Waals surface area contributed by atoms with Gasteiger partial charge in [0.05, 0.1) is 5.92 Å². The third kappa shape index (κ3) is 3.52. The predicted octanol–water partition coefficient (Wildman–Crippen LogP) is 2.40. The van der Waals surface area contributed by atoms with Gasteiger partial charge in [-0.05, 0) is 49.4 Å². The number of amides is 2. The summed E-state index contributed by atoms with van der Waals surface area (Å²) in [5.41, 5.74) is 2.50. The van der Waals surface area contributed by atoms with Crippen LogP contribution in [0, 0.1) is 11.8 Å². The Bertz CT molecular complexity index is 656. The zero-order valence-electron chi connectivity index (χ0n) is 12.8. The van der Waals surface area contributed by atoms with Crippen LogP contribution in [-0.4, -0.2) is 22.9 Å². The first-order valence-electron chi connectivity index (χ1n) is 7.99. The van der Waals surface area contributed by atoms with E-state index in [9.17, 15) is 14.4 Å². The van der Waals surface area contributed by atoms with Crippen molar-refractivity contribution in [3.8, 4) is 0 Å². The molecular weight excluding hydrogens is 296 g/mol. The number of nitrogens with one attached hydrogen (secondary N) is 2. The molecule has 0 bridgehead atoms. The van der Waals surface area contributed by atoms with E-state index in [1.165, 1.54) is 0 Å². The Morgan fingerprint density at radius 3 is 2.74 bits per heavy atom. The SMILES string of the molecule is O=C1CCc2cc(NC(=O)C3CCCC(C(=O)O)C3)ccc2N1. The van der Waals surface area contributed by atoms with Gasteiger partial charge in [0.15, 0.2) is 0 Å². The lowest BCUT2D eigenvalue weighted by atomic mass is 9.81. The first-order valence-corrected chi connectivity index (χ1v) is 7.99. The van der Waals surface area contributed by atoms with Gasteiger partial charge in [0.25, 0.3) is 0 Å². The number of aryl methyl sites for hydroxylation is 1. The molecule has 1 saturated carbocycles. The highest BCUT2D eigenvalue weighted by molar-refractivity contribution is 5.96. The van der Waals surface area contributed by atoms with Crippen molar-refractivity contribution in [1.29, 1.82) is 0 Å². The number of rotatable bonds is 3. The monoisotopic (exact) mass is 316 g/mol. The molecule has 2 aliphatic rings. The maximum absolute atomic E-state index is 12.4. The van der Waals surface area contributed by atoms with E-state index >= 15 is 0 Å². The number of carboxylic acids is 1. The Balaban J connectivity index is 1.66. The van der Waals surface area contributed by atoms with E-state index in [1.54, 1.807) is 12.1 Å². The summed E-state index contributed by atoms with van der Waals surface area (Å²) in [5.74, 6) is -1.59. The van der Waals surface area contributed by atoms with E-state index in [1.807, 2.05) is 6.07 Å². The maximum Gasteiger partial charge on any atom is 0.306 e. The van der Waals surface area contributed by atoms with Gasteiger partial charge in [-0.1, -0.05) is 6.42 Å². The molecule has 2 atom stereocenters. The van der Waals surface area contributed by atoms with Crippen molar-refractivity contribution in [1.82, 2.24) is 0 Å². The van der Waals surface area contributed by atoms with Crippen molar-refractivity contribution < 1.29 is 19.5 Å². The average molecular weight is 316 g/mol. The minimum atomic E-state index is -0.813. The van der Waals surface area contributed by atoms with Crippen molar-refractivity contribution in [2.45, 2.75) is 38.5 Å². The van der Waals surface area contributed by atoms with Crippen LogP contribution in [0.3, 0.4) is 0 Å². The largest absolute Gasteiger partial charge is 0.481 e. The highest BCUT2D eigenvalue weighted by Crippen LogP contribution is 2.31. The number of carbonyl (C=O) groups is 3. The zero-order chi connectivity index (χ0) is 16.4. The third-order valence-corrected chi connectivity index (χ3v) is 4.66. The normalized spacial score (nSPS) is 23.6. The van der Waals surface area contributed by atoms with Crippen LogP contribution in [0.4, 0.5) is 11.4 Å². The van der Waals surface area contributed by atoms with Crippen LogP contribution in [0.1, 0.15) is 37.7 Å². The van der Waals surface area contributed by atoms with E-state index < -0.39 is 11.9 Å². The van der Waals surface area contributed by atoms with Crippen LogP contribution in [0.25, 0.3) is 0 Å². The second-order valence-electron chi connectivity index (χ2n) is 6.31. The second kappa shape index (κ2) is 6.40. The fourth-order valence-corrected chi connectivity index (χ4v) is 3.36. The van der Waals surface area contributed by atoms with Crippen molar-refractivity contribution in [3.05, 3.63) is 23.8 Å². The number of hydrogen-bond acceptors (Lipinski definition) is 3. The maximum atomic E-state index is 12.4. The molecular formula is C17H20N2O4. The number of aliphatic carboxylic acids is 1. The summed E-state index contributed by atoms with van der Waals surface area (Å²) in [6.07, 6.45) is 3.67. The fraction of sp³-hybridized carbons (Fsp3) is 0.471. The number of hydrogen-bond donors (Lipinski definition) is 3. The summed E-state index contributed by atoms with van der Waals surface area (Å²) in [6.45, 7) is 0. The molecule has 6 heteroatoms. The fourth-order valence-electron chi connectivity index (χ4n) is 3.36. The van der Waals surface area contributed by atoms with Crippen LogP contribution in [0.5, 0.6) is 0 Å². The molecule has 1 fully saturated rings. The van der Waals surface area contributed by atoms with Crippen molar-refractivity contribution in [2.24, 2.45) is 11.8 Å². The van der Waals surface area contributed by atoms with Crippen LogP contribution in [0.2, 0.25) is 0 Å². The van der Waals surface area contributed by atoms with E-state index in [2.05, 4.69) is 10.6 Å². The average Bonchev–Trinajstić information content (AvgIpc) is 2.55. The summed E-state index contributed by atoms with van der Waals surface area (Å²) < 4.78 is 0. The highest BCUT2D eigenvalue weighted by atomic mass is 16.4. The molecule has 0 aromatic heterocycles. The van der Waals surface area contributed by atoms with E-state index in [0.717, 1.165) is 24.1 Å². The first kappa shape index (κ1) is 15.5. The minimum Gasteiger partial charge on any atom is -0.481 e. The molecule has 2 amide bonds. The van der Waals surface area contributed by atoms with Gasteiger partial charge in [0.2, 0.25) is 11.8 Å². The lowest BCUT2D eigenvalue weighted by Crippen LogP contribution is -2.31. The topological polar surface area (TPSA) is 95.5 Å². The lowest BCUT2D eigenvalue weighted by molar-refractivity contribution is -0.143. The number of carbonyl (C=O) groups excluding carboxylic acids is 2. The molecule has 1 aliphatic carbocycles. The van der Waals surface area contributed by atoms with Crippen molar-refractivity contribution in [3.63, 3.8) is 0 Å². The minimum absolute atomic E-state index is 0.0104. The Morgan fingerprint density at radius 2 is 1.96 bits per heavy atom. The van der Waals surface area contributed by atoms with Gasteiger partial charge in [0.1, 0.15) is 0 Å². The van der Waals surface area contributed by atoms with E-state index in [4.69, 9.17) is 5.11 Å². The number of anilines is 2. The first-order chi connectivity index (χ1) is 11.0. The smallest absolute Gasteiger partial charge is 0.306 e. The van der Waals surface area contributed by atoms with E-state index in [0.29, 0.717) is 31.4 Å². The zero-order valence-corrected chi connectivity index (χ0v) is 12.8. The third-order valence-electron chi connectivity index (χ3n) is 4.66. The predicted molar refractivity (Wildman–Crippen MR) is 85.1 cm³/mol. The van der Waals surface area contributed by atoms with Gasteiger partial charge < -0.3 is 15.7 Å². The molecule has 0 radical (unpaired) electrons. The Morgan fingerprint density at radius 1 is 1.17 bits per heavy atom. The molecule has 1 heterocycles. The van der Waals surface area contributed by atoms with Crippen molar-refractivity contribution in [2.75, 3.05) is 10.6 Å². The number of fused-ring (bicyclic) bond motifs is 1. The Hall–Kier alpha value is -2.37. The standard InChI is InChI=1S/C17H20N2O4/c20-15-7-4-10-9-13(5-6-14(10)19-15)18-16(21)11-2-1-3-12(8-11)17(22)23/h5-6,9,11-12H,1-4,7-8H2,(H,18,21)(H,19,20)(H,22,23). The van der Waals surface area contributed by atoms with Crippen LogP contribution in [-0.2, 0) is 20.8 Å². The molecule has 1 aromatic carbocycles. The summed E-state index contributed by atoms with van der Waals surface area (Å²) >= 11 is 0. The second-order valence-corrected chi connectivity index (χ2v) is 6.31. The molecule has 3 rings (SSSR count). The molecule has 6 nitrogen and oxygen atoms in total. The summed E-state index contributed by atoms with van der Waals surface area (Å²) in [5, 5.41) is 14.8. The summed E-state index contributed by atoms with van der Waals surface area (Å²) in [7, 11) is 0. The lowest BCUT2D eigenvalue weighted by Gasteiger charge is -2.26. The van der Waals surface area contributed by atoms with Gasteiger partial charge in [-0.15, -0.1) is 0 Å². The number of benzene rings is 1. The Kier molecular flexibility index (Phi) is 4.32. The summed E-state index contributed by atoms with van der Waals surface area (Å²) in [4.78, 5) is 34.8. The molecule has 122 valence electrons. The summed E-state index contributed by atoms with van der Waals surface area (Å²) in [6, 6.07) is 5.44. The van der Waals surface area contributed by atoms with E-state index in [-0.39, 0.29) is 17.7 Å². The van der Waals surface area contributed by atoms with Crippen molar-refractivity contribution >= 4 is 29.2 Å². The molecule has 0 saturated heterocycles. The van der Waals surface area contributed by atoms with Gasteiger partial charge in [-0.3, -0.25) is 14.4 Å². The van der Waals surface area contributed by atoms with Gasteiger partial charge in [-0.2, -0.15) is 0 Å². The molecule has 2 unspecified atom stereocenters. The van der Waals surface area contributed by atoms with Gasteiger partial charge in [-0.25, -0.2) is 0 Å². The van der Waals surface area contributed by atoms with Crippen LogP contribution >= 0.6 is 0 Å². The molecule has 3 N–H and O–H groups in total. The Labute approximate surface area is 134 Å².